The van der Waals surface area contributed by atoms with E-state index >= 15 is 0 Å². The molecular weight excluding hydrogens is 440 g/mol. The highest BCUT2D eigenvalue weighted by atomic mass is 35.5. The van der Waals surface area contributed by atoms with Crippen molar-refractivity contribution in [1.29, 1.82) is 0 Å². The number of amides is 3. The van der Waals surface area contributed by atoms with Crippen molar-refractivity contribution < 1.29 is 14.4 Å². The minimum absolute atomic E-state index is 0.295. The van der Waals surface area contributed by atoms with Crippen LogP contribution in [-0.2, 0) is 17.9 Å². The molecule has 4 rings (SSSR count). The van der Waals surface area contributed by atoms with Gasteiger partial charge in [-0.15, -0.1) is 0 Å². The highest BCUT2D eigenvalue weighted by Gasteiger charge is 2.34. The lowest BCUT2D eigenvalue weighted by Crippen LogP contribution is -2.49. The molecule has 0 radical (unpaired) electrons. The van der Waals surface area contributed by atoms with Crippen LogP contribution in [0.2, 0.25) is 5.02 Å². The summed E-state index contributed by atoms with van der Waals surface area (Å²) in [7, 11) is 0. The summed E-state index contributed by atoms with van der Waals surface area (Å²) in [6.45, 7) is 2.42. The van der Waals surface area contributed by atoms with Gasteiger partial charge in [0, 0.05) is 29.2 Å². The third-order valence-corrected chi connectivity index (χ3v) is 5.75. The van der Waals surface area contributed by atoms with E-state index in [0.717, 1.165) is 11.1 Å². The van der Waals surface area contributed by atoms with Crippen LogP contribution in [0, 0.1) is 0 Å². The van der Waals surface area contributed by atoms with Crippen molar-refractivity contribution in [2.24, 2.45) is 5.73 Å². The molecule has 1 aliphatic rings. The van der Waals surface area contributed by atoms with Crippen LogP contribution in [0.25, 0.3) is 0 Å². The second-order valence-electron chi connectivity index (χ2n) is 7.79. The van der Waals surface area contributed by atoms with E-state index in [9.17, 15) is 14.4 Å². The molecule has 0 saturated heterocycles. The third kappa shape index (κ3) is 4.74. The third-order valence-electron chi connectivity index (χ3n) is 5.51. The number of halogens is 1. The molecule has 1 atom stereocenters. The van der Waals surface area contributed by atoms with Gasteiger partial charge in [-0.3, -0.25) is 19.3 Å². The molecule has 0 aromatic heterocycles. The van der Waals surface area contributed by atoms with Gasteiger partial charge in [-0.25, -0.2) is 0 Å². The van der Waals surface area contributed by atoms with E-state index in [0.29, 0.717) is 40.6 Å². The molecule has 3 amide bonds. The minimum Gasteiger partial charge on any atom is -0.348 e. The topological polar surface area (TPSA) is 105 Å². The molecule has 1 aliphatic heterocycles. The summed E-state index contributed by atoms with van der Waals surface area (Å²) in [5.41, 5.74) is 9.24. The zero-order valence-corrected chi connectivity index (χ0v) is 18.7. The first-order valence-electron chi connectivity index (χ1n) is 10.5. The Labute approximate surface area is 196 Å². The zero-order chi connectivity index (χ0) is 23.5. The lowest BCUT2D eigenvalue weighted by atomic mass is 10.0. The summed E-state index contributed by atoms with van der Waals surface area (Å²) in [4.78, 5) is 39.9. The molecule has 4 N–H and O–H groups in total. The monoisotopic (exact) mass is 462 g/mol. The van der Waals surface area contributed by atoms with Gasteiger partial charge in [0.15, 0.2) is 0 Å². The Morgan fingerprint density at radius 2 is 1.79 bits per heavy atom. The second kappa shape index (κ2) is 9.44. The maximum absolute atomic E-state index is 13.2. The van der Waals surface area contributed by atoms with Crippen molar-refractivity contribution in [2.75, 3.05) is 10.2 Å². The van der Waals surface area contributed by atoms with Gasteiger partial charge in [0.2, 0.25) is 5.91 Å². The summed E-state index contributed by atoms with van der Waals surface area (Å²) in [5.74, 6) is -0.983. The van der Waals surface area contributed by atoms with Gasteiger partial charge in [0.1, 0.15) is 6.04 Å². The Hall–Kier alpha value is -3.68. The van der Waals surface area contributed by atoms with E-state index in [2.05, 4.69) is 10.6 Å². The Morgan fingerprint density at radius 3 is 2.55 bits per heavy atom. The summed E-state index contributed by atoms with van der Waals surface area (Å²) in [6, 6.07) is 18.4. The average molecular weight is 463 g/mol. The van der Waals surface area contributed by atoms with Crippen molar-refractivity contribution in [3.8, 4) is 0 Å². The molecule has 3 aromatic rings. The van der Waals surface area contributed by atoms with Gasteiger partial charge in [0.05, 0.1) is 11.4 Å². The summed E-state index contributed by atoms with van der Waals surface area (Å²) < 4.78 is 0. The minimum atomic E-state index is -0.724. The van der Waals surface area contributed by atoms with Crippen LogP contribution < -0.4 is 21.3 Å². The average Bonchev–Trinajstić information content (AvgIpc) is 2.83. The van der Waals surface area contributed by atoms with Crippen molar-refractivity contribution in [2.45, 2.75) is 26.1 Å². The zero-order valence-electron chi connectivity index (χ0n) is 18.0. The van der Waals surface area contributed by atoms with Gasteiger partial charge < -0.3 is 16.4 Å². The fourth-order valence-electron chi connectivity index (χ4n) is 3.75. The maximum atomic E-state index is 13.2. The van der Waals surface area contributed by atoms with E-state index in [1.165, 1.54) is 4.90 Å². The highest BCUT2D eigenvalue weighted by molar-refractivity contribution is 6.31. The van der Waals surface area contributed by atoms with Crippen LogP contribution in [0.15, 0.2) is 66.7 Å². The smallest absolute Gasteiger partial charge is 0.259 e. The number of nitrogens with one attached hydrogen (secondary N) is 2. The van der Waals surface area contributed by atoms with E-state index < -0.39 is 6.04 Å². The SMILES string of the molecule is CC1C(=O)Nc2cc(C(=O)NCc3cccc(CN)c3)ccc2N1C(=O)c1cccc(Cl)c1. The molecule has 8 heteroatoms. The lowest BCUT2D eigenvalue weighted by molar-refractivity contribution is -0.117. The number of nitrogens with two attached hydrogens (primary N) is 1. The Bertz CT molecular complexity index is 1240. The molecule has 1 heterocycles. The van der Waals surface area contributed by atoms with Crippen LogP contribution in [-0.4, -0.2) is 23.8 Å². The second-order valence-corrected chi connectivity index (χ2v) is 8.23. The fourth-order valence-corrected chi connectivity index (χ4v) is 3.94. The first-order chi connectivity index (χ1) is 15.9. The molecule has 0 saturated carbocycles. The van der Waals surface area contributed by atoms with E-state index in [4.69, 9.17) is 17.3 Å². The summed E-state index contributed by atoms with van der Waals surface area (Å²) >= 11 is 6.04. The van der Waals surface area contributed by atoms with Crippen LogP contribution in [0.1, 0.15) is 38.8 Å². The Balaban J connectivity index is 1.57. The number of rotatable bonds is 5. The van der Waals surface area contributed by atoms with Gasteiger partial charge in [0.25, 0.3) is 11.8 Å². The van der Waals surface area contributed by atoms with Gasteiger partial charge >= 0.3 is 0 Å². The summed E-state index contributed by atoms with van der Waals surface area (Å²) in [5, 5.41) is 6.09. The molecule has 33 heavy (non-hydrogen) atoms. The number of anilines is 2. The van der Waals surface area contributed by atoms with Crippen LogP contribution in [0.4, 0.5) is 11.4 Å². The van der Waals surface area contributed by atoms with Crippen molar-refractivity contribution in [1.82, 2.24) is 5.32 Å². The fraction of sp³-hybridized carbons (Fsp3) is 0.160. The molecule has 0 aliphatic carbocycles. The maximum Gasteiger partial charge on any atom is 0.259 e. The number of carbonyl (C=O) groups is 3. The standard InChI is InChI=1S/C25H23ClN4O3/c1-15-23(31)29-21-12-18(24(32)28-14-17-5-2-4-16(10-17)13-27)8-9-22(21)30(15)25(33)19-6-3-7-20(26)11-19/h2-12,15H,13-14,27H2,1H3,(H,28,32)(H,29,31). The highest BCUT2D eigenvalue weighted by Crippen LogP contribution is 2.34. The number of hydrogen-bond donors (Lipinski definition) is 3. The summed E-state index contributed by atoms with van der Waals surface area (Å²) in [6.07, 6.45) is 0. The molecule has 0 fully saturated rings. The molecule has 0 bridgehead atoms. The van der Waals surface area contributed by atoms with Crippen LogP contribution in [0.3, 0.4) is 0 Å². The predicted octanol–water partition coefficient (Wildman–Crippen LogP) is 3.72. The largest absolute Gasteiger partial charge is 0.348 e. The van der Waals surface area contributed by atoms with Crippen molar-refractivity contribution in [3.63, 3.8) is 0 Å². The Kier molecular flexibility index (Phi) is 6.44. The first-order valence-corrected chi connectivity index (χ1v) is 10.9. The molecule has 1 unspecified atom stereocenters. The van der Waals surface area contributed by atoms with Crippen molar-refractivity contribution in [3.05, 3.63) is 94.0 Å². The number of carbonyl (C=O) groups excluding carboxylic acids is 3. The van der Waals surface area contributed by atoms with Crippen LogP contribution in [0.5, 0.6) is 0 Å². The number of fused-ring (bicyclic) bond motifs is 1. The Morgan fingerprint density at radius 1 is 1.03 bits per heavy atom. The molecule has 3 aromatic carbocycles. The molecular formula is C25H23ClN4O3. The molecule has 0 spiro atoms. The number of hydrogen-bond acceptors (Lipinski definition) is 4. The predicted molar refractivity (Wildman–Crippen MR) is 128 cm³/mol. The van der Waals surface area contributed by atoms with Crippen LogP contribution >= 0.6 is 11.6 Å². The van der Waals surface area contributed by atoms with E-state index in [-0.39, 0.29) is 17.7 Å². The first kappa shape index (κ1) is 22.5. The van der Waals surface area contributed by atoms with Gasteiger partial charge in [-0.05, 0) is 54.4 Å². The lowest BCUT2D eigenvalue weighted by Gasteiger charge is -2.34. The number of nitrogens with zero attached hydrogens (tertiary/aromatic N) is 1. The molecule has 168 valence electrons. The van der Waals surface area contributed by atoms with Gasteiger partial charge in [-0.2, -0.15) is 0 Å². The molecule has 7 nitrogen and oxygen atoms in total. The number of benzene rings is 3. The van der Waals surface area contributed by atoms with Gasteiger partial charge in [-0.1, -0.05) is 41.9 Å². The van der Waals surface area contributed by atoms with E-state index in [1.807, 2.05) is 24.3 Å². The normalized spacial score (nSPS) is 14.9. The van der Waals surface area contributed by atoms with E-state index in [1.54, 1.807) is 49.4 Å². The van der Waals surface area contributed by atoms with Crippen molar-refractivity contribution >= 4 is 40.7 Å². The quantitative estimate of drug-likeness (QED) is 0.537.